The highest BCUT2D eigenvalue weighted by Gasteiger charge is 2.16. The van der Waals surface area contributed by atoms with Crippen molar-refractivity contribution in [3.05, 3.63) is 59.4 Å². The number of carbonyl (C=O) groups is 1. The van der Waals surface area contributed by atoms with Crippen LogP contribution in [0.2, 0.25) is 0 Å². The standard InChI is InChI=1S/C18H20FNO3/c1-4-23-16-8-6-5-7-14(16)18(21)20-12(2)13-9-10-17(22-3)15(19)11-13/h5-12H,4H2,1-3H3,(H,20,21). The molecule has 1 unspecified atom stereocenters. The smallest absolute Gasteiger partial charge is 0.255 e. The zero-order valence-electron chi connectivity index (χ0n) is 13.4. The Hall–Kier alpha value is -2.56. The summed E-state index contributed by atoms with van der Waals surface area (Å²) < 4.78 is 24.1. The Morgan fingerprint density at radius 3 is 2.61 bits per heavy atom. The van der Waals surface area contributed by atoms with Gasteiger partial charge < -0.3 is 14.8 Å². The Balaban J connectivity index is 2.15. The Morgan fingerprint density at radius 1 is 1.22 bits per heavy atom. The molecule has 0 aliphatic carbocycles. The first-order chi connectivity index (χ1) is 11.1. The number of nitrogens with one attached hydrogen (secondary N) is 1. The van der Waals surface area contributed by atoms with Crippen LogP contribution in [0.25, 0.3) is 0 Å². The molecule has 1 N–H and O–H groups in total. The van der Waals surface area contributed by atoms with Crippen molar-refractivity contribution in [1.82, 2.24) is 5.32 Å². The average Bonchev–Trinajstić information content (AvgIpc) is 2.55. The molecule has 0 bridgehead atoms. The molecule has 0 saturated heterocycles. The van der Waals surface area contributed by atoms with Crippen LogP contribution in [0.4, 0.5) is 4.39 Å². The molecule has 2 aromatic carbocycles. The minimum atomic E-state index is -0.458. The maximum absolute atomic E-state index is 13.8. The molecule has 0 aromatic heterocycles. The first-order valence-corrected chi connectivity index (χ1v) is 7.43. The molecule has 0 saturated carbocycles. The molecule has 0 aliphatic rings. The summed E-state index contributed by atoms with van der Waals surface area (Å²) in [6.07, 6.45) is 0. The minimum absolute atomic E-state index is 0.175. The van der Waals surface area contributed by atoms with Gasteiger partial charge in [-0.15, -0.1) is 0 Å². The maximum Gasteiger partial charge on any atom is 0.255 e. The predicted molar refractivity (Wildman–Crippen MR) is 86.4 cm³/mol. The van der Waals surface area contributed by atoms with Gasteiger partial charge in [0.05, 0.1) is 25.3 Å². The van der Waals surface area contributed by atoms with E-state index in [4.69, 9.17) is 9.47 Å². The van der Waals surface area contributed by atoms with Crippen molar-refractivity contribution in [2.45, 2.75) is 19.9 Å². The summed E-state index contributed by atoms with van der Waals surface area (Å²) in [6.45, 7) is 4.13. The third kappa shape index (κ3) is 4.00. The Kier molecular flexibility index (Phi) is 5.57. The van der Waals surface area contributed by atoms with Gasteiger partial charge in [0.1, 0.15) is 5.75 Å². The van der Waals surface area contributed by atoms with E-state index in [9.17, 15) is 9.18 Å². The third-order valence-electron chi connectivity index (χ3n) is 3.45. The number of hydrogen-bond donors (Lipinski definition) is 1. The molecule has 23 heavy (non-hydrogen) atoms. The van der Waals surface area contributed by atoms with Gasteiger partial charge in [-0.25, -0.2) is 4.39 Å². The molecule has 4 nitrogen and oxygen atoms in total. The quantitative estimate of drug-likeness (QED) is 0.883. The second-order valence-corrected chi connectivity index (χ2v) is 5.02. The van der Waals surface area contributed by atoms with E-state index in [1.807, 2.05) is 13.0 Å². The van der Waals surface area contributed by atoms with Crippen LogP contribution in [0.3, 0.4) is 0 Å². The average molecular weight is 317 g/mol. The zero-order chi connectivity index (χ0) is 16.8. The second-order valence-electron chi connectivity index (χ2n) is 5.02. The molecule has 2 rings (SSSR count). The molecular formula is C18H20FNO3. The van der Waals surface area contributed by atoms with Crippen molar-refractivity contribution in [2.24, 2.45) is 0 Å². The highest BCUT2D eigenvalue weighted by molar-refractivity contribution is 5.97. The van der Waals surface area contributed by atoms with Crippen LogP contribution in [0.5, 0.6) is 11.5 Å². The van der Waals surface area contributed by atoms with Crippen molar-refractivity contribution in [2.75, 3.05) is 13.7 Å². The van der Waals surface area contributed by atoms with Gasteiger partial charge in [-0.1, -0.05) is 18.2 Å². The summed E-state index contributed by atoms with van der Waals surface area (Å²) >= 11 is 0. The van der Waals surface area contributed by atoms with Crippen molar-refractivity contribution in [3.63, 3.8) is 0 Å². The molecule has 0 aliphatic heterocycles. The zero-order valence-corrected chi connectivity index (χ0v) is 13.4. The van der Waals surface area contributed by atoms with E-state index in [2.05, 4.69) is 5.32 Å². The number of ether oxygens (including phenoxy) is 2. The van der Waals surface area contributed by atoms with E-state index >= 15 is 0 Å². The van der Waals surface area contributed by atoms with E-state index in [1.54, 1.807) is 37.3 Å². The number of amides is 1. The molecule has 0 fully saturated rings. The fourth-order valence-corrected chi connectivity index (χ4v) is 2.25. The van der Waals surface area contributed by atoms with Crippen LogP contribution in [0.1, 0.15) is 35.8 Å². The van der Waals surface area contributed by atoms with Gasteiger partial charge in [0.15, 0.2) is 11.6 Å². The lowest BCUT2D eigenvalue weighted by molar-refractivity contribution is 0.0936. The van der Waals surface area contributed by atoms with Gasteiger partial charge in [-0.2, -0.15) is 0 Å². The topological polar surface area (TPSA) is 47.6 Å². The fraction of sp³-hybridized carbons (Fsp3) is 0.278. The molecule has 0 heterocycles. The highest BCUT2D eigenvalue weighted by Crippen LogP contribution is 2.23. The Bertz CT molecular complexity index is 688. The number of carbonyl (C=O) groups excluding carboxylic acids is 1. The summed E-state index contributed by atoms with van der Waals surface area (Å²) in [4.78, 5) is 12.4. The summed E-state index contributed by atoms with van der Waals surface area (Å²) in [7, 11) is 1.41. The first kappa shape index (κ1) is 16.8. The van der Waals surface area contributed by atoms with Crippen molar-refractivity contribution < 1.29 is 18.7 Å². The van der Waals surface area contributed by atoms with Gasteiger partial charge in [0.2, 0.25) is 0 Å². The van der Waals surface area contributed by atoms with E-state index in [0.29, 0.717) is 23.5 Å². The van der Waals surface area contributed by atoms with Gasteiger partial charge in [-0.3, -0.25) is 4.79 Å². The second kappa shape index (κ2) is 7.63. The lowest BCUT2D eigenvalue weighted by atomic mass is 10.1. The largest absolute Gasteiger partial charge is 0.494 e. The number of hydrogen-bond acceptors (Lipinski definition) is 3. The lowest BCUT2D eigenvalue weighted by Gasteiger charge is -2.16. The summed E-state index contributed by atoms with van der Waals surface area (Å²) in [5.74, 6) is -0.0202. The molecule has 5 heteroatoms. The van der Waals surface area contributed by atoms with E-state index in [1.165, 1.54) is 13.2 Å². The van der Waals surface area contributed by atoms with Gasteiger partial charge in [0.25, 0.3) is 5.91 Å². The molecule has 122 valence electrons. The van der Waals surface area contributed by atoms with Gasteiger partial charge in [0, 0.05) is 0 Å². The van der Waals surface area contributed by atoms with Crippen LogP contribution in [0.15, 0.2) is 42.5 Å². The van der Waals surface area contributed by atoms with Crippen LogP contribution >= 0.6 is 0 Å². The molecule has 0 radical (unpaired) electrons. The Labute approximate surface area is 135 Å². The Morgan fingerprint density at radius 2 is 1.96 bits per heavy atom. The van der Waals surface area contributed by atoms with Crippen LogP contribution in [0, 0.1) is 5.82 Å². The SMILES string of the molecule is CCOc1ccccc1C(=O)NC(C)c1ccc(OC)c(F)c1. The summed E-state index contributed by atoms with van der Waals surface area (Å²) in [5.41, 5.74) is 1.11. The molecule has 1 amide bonds. The molecule has 0 spiro atoms. The highest BCUT2D eigenvalue weighted by atomic mass is 19.1. The summed E-state index contributed by atoms with van der Waals surface area (Å²) in [5, 5.41) is 2.85. The van der Waals surface area contributed by atoms with Gasteiger partial charge >= 0.3 is 0 Å². The van der Waals surface area contributed by atoms with Crippen molar-refractivity contribution in [1.29, 1.82) is 0 Å². The fourth-order valence-electron chi connectivity index (χ4n) is 2.25. The normalized spacial score (nSPS) is 11.7. The van der Waals surface area contributed by atoms with Gasteiger partial charge in [-0.05, 0) is 43.7 Å². The summed E-state index contributed by atoms with van der Waals surface area (Å²) in [6, 6.07) is 11.3. The number of rotatable bonds is 6. The number of methoxy groups -OCH3 is 1. The number of benzene rings is 2. The minimum Gasteiger partial charge on any atom is -0.494 e. The van der Waals surface area contributed by atoms with Crippen molar-refractivity contribution >= 4 is 5.91 Å². The molecule has 1 atom stereocenters. The third-order valence-corrected chi connectivity index (χ3v) is 3.45. The van der Waals surface area contributed by atoms with Crippen LogP contribution in [-0.2, 0) is 0 Å². The monoisotopic (exact) mass is 317 g/mol. The van der Waals surface area contributed by atoms with E-state index in [-0.39, 0.29) is 17.7 Å². The maximum atomic E-state index is 13.8. The lowest BCUT2D eigenvalue weighted by Crippen LogP contribution is -2.27. The predicted octanol–water partition coefficient (Wildman–Crippen LogP) is 3.72. The van der Waals surface area contributed by atoms with Crippen molar-refractivity contribution in [3.8, 4) is 11.5 Å². The van der Waals surface area contributed by atoms with Crippen LogP contribution in [-0.4, -0.2) is 19.6 Å². The molecule has 2 aromatic rings. The first-order valence-electron chi connectivity index (χ1n) is 7.43. The van der Waals surface area contributed by atoms with E-state index in [0.717, 1.165) is 0 Å². The van der Waals surface area contributed by atoms with E-state index < -0.39 is 5.82 Å². The molecular weight excluding hydrogens is 297 g/mol. The number of halogens is 1. The number of para-hydroxylation sites is 1. The van der Waals surface area contributed by atoms with Crippen LogP contribution < -0.4 is 14.8 Å².